The molecule has 0 saturated carbocycles. The molecule has 0 aromatic carbocycles. The van der Waals surface area contributed by atoms with Crippen LogP contribution in [0.3, 0.4) is 0 Å². The summed E-state index contributed by atoms with van der Waals surface area (Å²) in [5.41, 5.74) is 0. The Morgan fingerprint density at radius 2 is 1.31 bits per heavy atom. The van der Waals surface area contributed by atoms with E-state index in [1.165, 1.54) is 0 Å². The van der Waals surface area contributed by atoms with Gasteiger partial charge in [-0.05, 0) is 0 Å². The van der Waals surface area contributed by atoms with E-state index in [-0.39, 0.29) is 0 Å². The topological polar surface area (TPSA) is 0 Å². The van der Waals surface area contributed by atoms with Crippen LogP contribution in [-0.4, -0.2) is 21.0 Å². The zero-order chi connectivity index (χ0) is 11.1. The van der Waals surface area contributed by atoms with Crippen LogP contribution in [-0.2, 0) is 0 Å². The highest BCUT2D eigenvalue weighted by Crippen LogP contribution is 2.51. The van der Waals surface area contributed by atoms with Crippen LogP contribution >= 0.6 is 43.5 Å². The van der Waals surface area contributed by atoms with E-state index in [9.17, 15) is 26.3 Å². The summed E-state index contributed by atoms with van der Waals surface area (Å²) in [6.45, 7) is 0. The molecule has 80 valence electrons. The molecule has 0 fully saturated rings. The average molecular weight is 358 g/mol. The number of halogens is 9. The van der Waals surface area contributed by atoms with Gasteiger partial charge in [0.1, 0.15) is 4.83 Å². The quantitative estimate of drug-likeness (QED) is 0.487. The lowest BCUT2D eigenvalue weighted by atomic mass is 10.3. The molecule has 0 heterocycles. The minimum atomic E-state index is -5.21. The number of hydrogen-bond donors (Lipinski definition) is 0. The Hall–Kier alpha value is 0.830. The monoisotopic (exact) mass is 356 g/mol. The summed E-state index contributed by atoms with van der Waals surface area (Å²) in [6.07, 6.45) is -10.3. The molecular formula is C4HBr2ClF6. The zero-order valence-electron chi connectivity index (χ0n) is 5.48. The number of hydrogen-bond acceptors (Lipinski definition) is 0. The fourth-order valence-corrected chi connectivity index (χ4v) is 0.992. The van der Waals surface area contributed by atoms with Crippen LogP contribution < -0.4 is 0 Å². The minimum absolute atomic E-state index is 1.78. The molecule has 0 spiro atoms. The first kappa shape index (κ1) is 13.8. The molecule has 0 aliphatic rings. The molecule has 0 bridgehead atoms. The Labute approximate surface area is 90.9 Å². The van der Waals surface area contributed by atoms with Gasteiger partial charge in [-0.3, -0.25) is 0 Å². The average Bonchev–Trinajstić information content (AvgIpc) is 1.81. The lowest BCUT2D eigenvalue weighted by Crippen LogP contribution is -2.48. The van der Waals surface area contributed by atoms with Gasteiger partial charge in [0.2, 0.25) is 3.78 Å². The van der Waals surface area contributed by atoms with E-state index in [1.807, 2.05) is 15.9 Å². The Morgan fingerprint density at radius 3 is 1.38 bits per heavy atom. The van der Waals surface area contributed by atoms with Crippen molar-refractivity contribution in [2.75, 3.05) is 0 Å². The summed E-state index contributed by atoms with van der Waals surface area (Å²) >= 11 is 8.28. The summed E-state index contributed by atoms with van der Waals surface area (Å²) < 4.78 is 67.6. The molecule has 0 unspecified atom stereocenters. The highest BCUT2D eigenvalue weighted by molar-refractivity contribution is 9.13. The molecule has 0 rings (SSSR count). The van der Waals surface area contributed by atoms with E-state index >= 15 is 0 Å². The largest absolute Gasteiger partial charge is 0.418 e. The number of alkyl halides is 9. The molecule has 0 aliphatic heterocycles. The van der Waals surface area contributed by atoms with Crippen molar-refractivity contribution in [3.05, 3.63) is 0 Å². The molecule has 0 N–H and O–H groups in total. The van der Waals surface area contributed by atoms with Crippen molar-refractivity contribution in [3.8, 4) is 0 Å². The first-order valence-electron chi connectivity index (χ1n) is 2.56. The Balaban J connectivity index is 4.86. The van der Waals surface area contributed by atoms with E-state index in [0.717, 1.165) is 0 Å². The van der Waals surface area contributed by atoms with Crippen molar-refractivity contribution in [3.63, 3.8) is 0 Å². The molecule has 9 heteroatoms. The van der Waals surface area contributed by atoms with Crippen molar-refractivity contribution in [2.24, 2.45) is 0 Å². The van der Waals surface area contributed by atoms with Gasteiger partial charge in [-0.1, -0.05) is 43.5 Å². The second kappa shape index (κ2) is 3.77. The van der Waals surface area contributed by atoms with E-state index in [2.05, 4.69) is 11.6 Å². The maximum Gasteiger partial charge on any atom is 0.418 e. The smallest absolute Gasteiger partial charge is 0.170 e. The van der Waals surface area contributed by atoms with Gasteiger partial charge in [-0.15, -0.1) is 0 Å². The first-order valence-corrected chi connectivity index (χ1v) is 4.64. The van der Waals surface area contributed by atoms with Gasteiger partial charge in [0.15, 0.2) is 0 Å². The fourth-order valence-electron chi connectivity index (χ4n) is 0.349. The third-order valence-corrected chi connectivity index (χ3v) is 4.41. The molecule has 0 aromatic heterocycles. The second-order valence-electron chi connectivity index (χ2n) is 2.02. The summed E-state index contributed by atoms with van der Waals surface area (Å²) in [5, 5.41) is 0. The molecular weight excluding hydrogens is 357 g/mol. The molecule has 0 aromatic rings. The summed E-state index contributed by atoms with van der Waals surface area (Å²) in [5.74, 6) is 0. The van der Waals surface area contributed by atoms with Gasteiger partial charge >= 0.3 is 12.4 Å². The van der Waals surface area contributed by atoms with Gasteiger partial charge in [-0.2, -0.15) is 26.3 Å². The Bertz CT molecular complexity index is 184. The van der Waals surface area contributed by atoms with Crippen molar-refractivity contribution >= 4 is 43.5 Å². The molecule has 13 heavy (non-hydrogen) atoms. The zero-order valence-corrected chi connectivity index (χ0v) is 9.41. The number of rotatable bonds is 1. The lowest BCUT2D eigenvalue weighted by Gasteiger charge is -2.29. The lowest BCUT2D eigenvalue weighted by molar-refractivity contribution is -0.179. The van der Waals surface area contributed by atoms with E-state index in [0.29, 0.717) is 0 Å². The van der Waals surface area contributed by atoms with Gasteiger partial charge in [-0.25, -0.2) is 0 Å². The SMILES string of the molecule is FC(F)(F)[C@H](Br)[C@@](Cl)(Br)C(F)(F)F. The standard InChI is InChI=1S/C4HBr2ClF6/c5-1(3(8,9)10)2(6,7)4(11,12)13/h1H/t1-,2+/m1/s1. The molecule has 0 amide bonds. The summed E-state index contributed by atoms with van der Waals surface area (Å²) in [6, 6.07) is 0. The van der Waals surface area contributed by atoms with Crippen LogP contribution in [0.2, 0.25) is 0 Å². The highest BCUT2D eigenvalue weighted by Gasteiger charge is 2.64. The van der Waals surface area contributed by atoms with Crippen LogP contribution in [0.4, 0.5) is 26.3 Å². The van der Waals surface area contributed by atoms with Crippen molar-refractivity contribution in [1.82, 2.24) is 0 Å². The Kier molecular flexibility index (Phi) is 4.01. The van der Waals surface area contributed by atoms with Crippen LogP contribution in [0.15, 0.2) is 0 Å². The Morgan fingerprint density at radius 1 is 1.00 bits per heavy atom. The van der Waals surface area contributed by atoms with Crippen LogP contribution in [0.25, 0.3) is 0 Å². The van der Waals surface area contributed by atoms with Crippen LogP contribution in [0, 0.1) is 0 Å². The van der Waals surface area contributed by atoms with E-state index in [4.69, 9.17) is 0 Å². The summed E-state index contributed by atoms with van der Waals surface area (Å²) in [7, 11) is 0. The summed E-state index contributed by atoms with van der Waals surface area (Å²) in [4.78, 5) is -2.91. The van der Waals surface area contributed by atoms with Gasteiger partial charge in [0.05, 0.1) is 0 Å². The third kappa shape index (κ3) is 3.16. The molecule has 0 radical (unpaired) electrons. The highest BCUT2D eigenvalue weighted by atomic mass is 79.9. The third-order valence-electron chi connectivity index (χ3n) is 0.984. The maximum atomic E-state index is 11.9. The maximum absolute atomic E-state index is 11.9. The van der Waals surface area contributed by atoms with Crippen molar-refractivity contribution in [1.29, 1.82) is 0 Å². The predicted octanol–water partition coefficient (Wildman–Crippen LogP) is 4.20. The first-order chi connectivity index (χ1) is 5.40. The normalized spacial score (nSPS) is 21.0. The van der Waals surface area contributed by atoms with Crippen LogP contribution in [0.1, 0.15) is 0 Å². The van der Waals surface area contributed by atoms with E-state index in [1.54, 1.807) is 15.9 Å². The van der Waals surface area contributed by atoms with E-state index < -0.39 is 21.0 Å². The second-order valence-corrected chi connectivity index (χ2v) is 5.24. The van der Waals surface area contributed by atoms with Gasteiger partial charge < -0.3 is 0 Å². The van der Waals surface area contributed by atoms with Gasteiger partial charge in [0.25, 0.3) is 0 Å². The van der Waals surface area contributed by atoms with Crippen LogP contribution in [0.5, 0.6) is 0 Å². The molecule has 2 atom stereocenters. The minimum Gasteiger partial charge on any atom is -0.170 e. The van der Waals surface area contributed by atoms with Gasteiger partial charge in [0, 0.05) is 0 Å². The molecule has 0 saturated heterocycles. The van der Waals surface area contributed by atoms with Crippen molar-refractivity contribution in [2.45, 2.75) is 21.0 Å². The molecule has 0 nitrogen and oxygen atoms in total. The van der Waals surface area contributed by atoms with Crippen molar-refractivity contribution < 1.29 is 26.3 Å². The predicted molar refractivity (Wildman–Crippen MR) is 42.3 cm³/mol. The molecule has 0 aliphatic carbocycles. The fraction of sp³-hybridized carbons (Fsp3) is 1.00.